The predicted molar refractivity (Wildman–Crippen MR) is 152 cm³/mol. The average Bonchev–Trinajstić information content (AvgIpc) is 3.27. The van der Waals surface area contributed by atoms with Crippen molar-refractivity contribution >= 4 is 34.8 Å². The van der Waals surface area contributed by atoms with Gasteiger partial charge in [0.05, 0.1) is 23.7 Å². The molecule has 0 bridgehead atoms. The first-order chi connectivity index (χ1) is 20.5. The minimum atomic E-state index is -4.57. The van der Waals surface area contributed by atoms with Crippen molar-refractivity contribution in [3.63, 3.8) is 0 Å². The van der Waals surface area contributed by atoms with Crippen LogP contribution in [0.1, 0.15) is 23.7 Å². The molecule has 4 aromatic rings. The lowest BCUT2D eigenvalue weighted by atomic mass is 9.98. The molecule has 3 amide bonds. The largest absolute Gasteiger partial charge is 0.416 e. The molecule has 1 saturated heterocycles. The zero-order valence-electron chi connectivity index (χ0n) is 23.0. The fourth-order valence-corrected chi connectivity index (χ4v) is 5.07. The monoisotopic (exact) mass is 592 g/mol. The van der Waals surface area contributed by atoms with Gasteiger partial charge in [0.25, 0.3) is 0 Å². The second kappa shape index (κ2) is 11.9. The van der Waals surface area contributed by atoms with Crippen molar-refractivity contribution in [1.82, 2.24) is 29.4 Å². The highest BCUT2D eigenvalue weighted by Gasteiger charge is 2.31. The van der Waals surface area contributed by atoms with Crippen LogP contribution < -0.4 is 16.4 Å². The van der Waals surface area contributed by atoms with Crippen molar-refractivity contribution in [3.8, 4) is 17.2 Å². The molecule has 4 heterocycles. The molecule has 15 heteroatoms. The number of nitriles is 1. The lowest BCUT2D eigenvalue weighted by Gasteiger charge is -2.34. The van der Waals surface area contributed by atoms with Gasteiger partial charge in [0, 0.05) is 57.1 Å². The standard InChI is InChI=1S/C28H27F3N10O2/c1-17(42)40-12-10-39(11-13-40)15-22-21(6-8-32)24(25-26(33)35-16-36-41(22)25)18-2-4-20(5-3-18)37-27(43)38-23-14-19(7-9-34-23)28(29,30)31/h2-5,7,9,14,16H,6,10-13,15H2,1H3,(H2,33,35,36)(H2,34,37,38,43). The Balaban J connectivity index is 1.40. The van der Waals surface area contributed by atoms with E-state index in [1.807, 2.05) is 0 Å². The number of nitrogen functional groups attached to an aromatic ring is 1. The third kappa shape index (κ3) is 6.33. The van der Waals surface area contributed by atoms with Gasteiger partial charge in [-0.15, -0.1) is 0 Å². The lowest BCUT2D eigenvalue weighted by Crippen LogP contribution is -2.47. The number of carbonyl (C=O) groups excluding carboxylic acids is 2. The van der Waals surface area contributed by atoms with Gasteiger partial charge in [-0.05, 0) is 35.4 Å². The number of fused-ring (bicyclic) bond motifs is 1. The highest BCUT2D eigenvalue weighted by molar-refractivity contribution is 5.99. The smallest absolute Gasteiger partial charge is 0.382 e. The number of piperazine rings is 1. The lowest BCUT2D eigenvalue weighted by molar-refractivity contribution is -0.137. The Kier molecular flexibility index (Phi) is 8.13. The number of amides is 3. The van der Waals surface area contributed by atoms with Crippen LogP contribution >= 0.6 is 0 Å². The number of hydrogen-bond acceptors (Lipinski definition) is 8. The minimum absolute atomic E-state index is 0.0310. The summed E-state index contributed by atoms with van der Waals surface area (Å²) in [5.41, 5.74) is 9.18. The van der Waals surface area contributed by atoms with E-state index in [0.717, 1.165) is 29.6 Å². The van der Waals surface area contributed by atoms with Gasteiger partial charge in [0.1, 0.15) is 17.7 Å². The van der Waals surface area contributed by atoms with Crippen LogP contribution in [0.4, 0.5) is 35.3 Å². The first-order valence-electron chi connectivity index (χ1n) is 13.2. The molecule has 0 saturated carbocycles. The van der Waals surface area contributed by atoms with E-state index < -0.39 is 17.8 Å². The SMILES string of the molecule is CC(=O)N1CCN(Cc2c(CC#N)c(-c3ccc(NC(=O)Nc4cc(C(F)(F)F)ccn4)cc3)c3c(N)ncnn23)CC1. The van der Waals surface area contributed by atoms with Gasteiger partial charge in [0.15, 0.2) is 5.82 Å². The summed E-state index contributed by atoms with van der Waals surface area (Å²) in [6, 6.07) is 9.72. The van der Waals surface area contributed by atoms with Gasteiger partial charge >= 0.3 is 12.2 Å². The van der Waals surface area contributed by atoms with Gasteiger partial charge in [0.2, 0.25) is 5.91 Å². The number of nitrogens with one attached hydrogen (secondary N) is 2. The van der Waals surface area contributed by atoms with Crippen molar-refractivity contribution < 1.29 is 22.8 Å². The van der Waals surface area contributed by atoms with Crippen molar-refractivity contribution in [3.05, 3.63) is 65.7 Å². The molecule has 12 nitrogen and oxygen atoms in total. The Morgan fingerprint density at radius 1 is 1.07 bits per heavy atom. The van der Waals surface area contributed by atoms with Crippen LogP contribution in [0, 0.1) is 11.3 Å². The Morgan fingerprint density at radius 3 is 2.44 bits per heavy atom. The van der Waals surface area contributed by atoms with Gasteiger partial charge in [-0.2, -0.15) is 23.5 Å². The summed E-state index contributed by atoms with van der Waals surface area (Å²) < 4.78 is 40.6. The Hall–Kier alpha value is -5.23. The normalized spacial score (nSPS) is 14.0. The number of carbonyl (C=O) groups is 2. The second-order valence-electron chi connectivity index (χ2n) is 9.91. The number of urea groups is 1. The van der Waals surface area contributed by atoms with E-state index in [4.69, 9.17) is 5.73 Å². The summed E-state index contributed by atoms with van der Waals surface area (Å²) in [5, 5.41) is 19.0. The Bertz CT molecular complexity index is 1710. The minimum Gasteiger partial charge on any atom is -0.382 e. The topological polar surface area (TPSA) is 158 Å². The number of rotatable bonds is 6. The summed E-state index contributed by atoms with van der Waals surface area (Å²) in [5.74, 6) is 0.00610. The van der Waals surface area contributed by atoms with Crippen molar-refractivity contribution in [2.24, 2.45) is 0 Å². The third-order valence-corrected chi connectivity index (χ3v) is 7.17. The number of halogens is 3. The first-order valence-corrected chi connectivity index (χ1v) is 13.2. The maximum Gasteiger partial charge on any atom is 0.416 e. The molecular weight excluding hydrogens is 565 g/mol. The quantitative estimate of drug-likeness (QED) is 0.305. The van der Waals surface area contributed by atoms with Gasteiger partial charge in [-0.25, -0.2) is 19.3 Å². The van der Waals surface area contributed by atoms with E-state index >= 15 is 0 Å². The van der Waals surface area contributed by atoms with Crippen LogP contribution in [0.2, 0.25) is 0 Å². The summed E-state index contributed by atoms with van der Waals surface area (Å²) in [7, 11) is 0. The Labute approximate surface area is 243 Å². The molecule has 0 unspecified atom stereocenters. The zero-order valence-corrected chi connectivity index (χ0v) is 23.0. The van der Waals surface area contributed by atoms with Crippen LogP contribution in [0.3, 0.4) is 0 Å². The van der Waals surface area contributed by atoms with E-state index in [1.165, 1.54) is 6.33 Å². The number of nitrogens with two attached hydrogens (primary N) is 1. The molecule has 0 aliphatic carbocycles. The van der Waals surface area contributed by atoms with Crippen LogP contribution in [0.5, 0.6) is 0 Å². The summed E-state index contributed by atoms with van der Waals surface area (Å²) in [6.45, 7) is 4.54. The van der Waals surface area contributed by atoms with E-state index in [0.29, 0.717) is 55.1 Å². The van der Waals surface area contributed by atoms with Gasteiger partial charge in [-0.1, -0.05) is 12.1 Å². The van der Waals surface area contributed by atoms with Crippen molar-refractivity contribution in [2.75, 3.05) is 42.5 Å². The highest BCUT2D eigenvalue weighted by Crippen LogP contribution is 2.37. The molecule has 222 valence electrons. The molecule has 4 N–H and O–H groups in total. The molecule has 5 rings (SSSR count). The Morgan fingerprint density at radius 2 is 1.79 bits per heavy atom. The first kappa shape index (κ1) is 29.3. The average molecular weight is 593 g/mol. The number of alkyl halides is 3. The molecule has 0 radical (unpaired) electrons. The predicted octanol–water partition coefficient (Wildman–Crippen LogP) is 3.77. The molecule has 43 heavy (non-hydrogen) atoms. The molecule has 0 atom stereocenters. The van der Waals surface area contributed by atoms with E-state index in [1.54, 1.807) is 40.6 Å². The van der Waals surface area contributed by atoms with Crippen LogP contribution in [0.25, 0.3) is 16.6 Å². The van der Waals surface area contributed by atoms with Gasteiger partial charge in [-0.3, -0.25) is 15.0 Å². The fraction of sp³-hybridized carbons (Fsp3) is 0.286. The second-order valence-corrected chi connectivity index (χ2v) is 9.91. The number of anilines is 3. The van der Waals surface area contributed by atoms with Gasteiger partial charge < -0.3 is 16.0 Å². The fourth-order valence-electron chi connectivity index (χ4n) is 5.07. The molecule has 1 aliphatic heterocycles. The maximum atomic E-state index is 13.0. The zero-order chi connectivity index (χ0) is 30.7. The molecule has 1 fully saturated rings. The summed E-state index contributed by atoms with van der Waals surface area (Å²) in [4.78, 5) is 36.1. The molecule has 0 spiro atoms. The highest BCUT2D eigenvalue weighted by atomic mass is 19.4. The molecule has 1 aromatic carbocycles. The summed E-state index contributed by atoms with van der Waals surface area (Å²) >= 11 is 0. The number of hydrogen-bond donors (Lipinski definition) is 3. The number of aromatic nitrogens is 4. The molecule has 3 aromatic heterocycles. The van der Waals surface area contributed by atoms with Crippen LogP contribution in [-0.4, -0.2) is 67.5 Å². The van der Waals surface area contributed by atoms with E-state index in [9.17, 15) is 28.0 Å². The molecule has 1 aliphatic rings. The maximum absolute atomic E-state index is 13.0. The van der Waals surface area contributed by atoms with Crippen molar-refractivity contribution in [1.29, 1.82) is 5.26 Å². The number of benzene rings is 1. The number of nitrogens with zero attached hydrogens (tertiary/aromatic N) is 7. The molecular formula is C28H27F3N10O2. The van der Waals surface area contributed by atoms with E-state index in [-0.39, 0.29) is 24.0 Å². The van der Waals surface area contributed by atoms with Crippen LogP contribution in [0.15, 0.2) is 48.9 Å². The summed E-state index contributed by atoms with van der Waals surface area (Å²) in [6.07, 6.45) is -2.18. The van der Waals surface area contributed by atoms with Crippen molar-refractivity contribution in [2.45, 2.75) is 26.1 Å². The third-order valence-electron chi connectivity index (χ3n) is 7.17. The van der Waals surface area contributed by atoms with E-state index in [2.05, 4.69) is 36.7 Å². The number of pyridine rings is 1. The van der Waals surface area contributed by atoms with Crippen LogP contribution in [-0.2, 0) is 23.9 Å².